The molecule has 0 saturated carbocycles. The second kappa shape index (κ2) is 13.4. The van der Waals surface area contributed by atoms with Gasteiger partial charge in [-0.05, 0) is 37.1 Å². The van der Waals surface area contributed by atoms with E-state index in [1.54, 1.807) is 18.2 Å². The largest absolute Gasteiger partial charge is 0.506 e. The highest BCUT2D eigenvalue weighted by Crippen LogP contribution is 2.37. The molecule has 0 amide bonds. The molecule has 0 spiro atoms. The molecule has 2 rings (SSSR count). The third kappa shape index (κ3) is 8.91. The van der Waals surface area contributed by atoms with Crippen LogP contribution in [-0.2, 0) is 16.5 Å². The summed E-state index contributed by atoms with van der Waals surface area (Å²) in [6, 6.07) is 11.8. The van der Waals surface area contributed by atoms with Crippen LogP contribution in [-0.4, -0.2) is 18.1 Å². The molecule has 0 fully saturated rings. The Bertz CT molecular complexity index is 878. The van der Waals surface area contributed by atoms with Crippen molar-refractivity contribution in [2.45, 2.75) is 88.9 Å². The normalized spacial score (nSPS) is 11.5. The first-order valence-electron chi connectivity index (χ1n) is 11.5. The smallest absolute Gasteiger partial charge is 0.298 e. The second-order valence-corrected chi connectivity index (χ2v) is 9.42. The topological polar surface area (TPSA) is 83.8 Å². The van der Waals surface area contributed by atoms with Crippen LogP contribution in [0, 0.1) is 0 Å². The van der Waals surface area contributed by atoms with Crippen molar-refractivity contribution in [3.63, 3.8) is 0 Å². The average molecular weight is 449 g/mol. The van der Waals surface area contributed by atoms with Crippen molar-refractivity contribution in [2.75, 3.05) is 0 Å². The Morgan fingerprint density at radius 1 is 0.774 bits per heavy atom. The van der Waals surface area contributed by atoms with Crippen LogP contribution in [0.15, 0.2) is 47.4 Å². The number of rotatable bonds is 15. The minimum atomic E-state index is -4.57. The molecule has 0 saturated heterocycles. The van der Waals surface area contributed by atoms with E-state index in [1.807, 2.05) is 18.2 Å². The van der Waals surface area contributed by atoms with Gasteiger partial charge in [-0.25, -0.2) is 0 Å². The zero-order chi connectivity index (χ0) is 22.5. The van der Waals surface area contributed by atoms with Gasteiger partial charge < -0.3 is 9.84 Å². The van der Waals surface area contributed by atoms with E-state index in [0.29, 0.717) is 23.5 Å². The molecule has 0 aliphatic carbocycles. The quantitative estimate of drug-likeness (QED) is 0.221. The predicted molar refractivity (Wildman–Crippen MR) is 125 cm³/mol. The Morgan fingerprint density at radius 3 is 1.87 bits per heavy atom. The van der Waals surface area contributed by atoms with Crippen LogP contribution in [0.1, 0.15) is 83.1 Å². The Hall–Kier alpha value is -2.05. The van der Waals surface area contributed by atoms with Crippen molar-refractivity contribution >= 4 is 10.1 Å². The fraction of sp³-hybridized carbons (Fsp3) is 0.520. The second-order valence-electron chi connectivity index (χ2n) is 8.07. The minimum Gasteiger partial charge on any atom is -0.506 e. The number of phenols is 1. The summed E-state index contributed by atoms with van der Waals surface area (Å²) in [5, 5.41) is 10.1. The molecule has 172 valence electrons. The molecule has 0 unspecified atom stereocenters. The first kappa shape index (κ1) is 25.2. The molecular formula is C25H36O5S. The number of aromatic hydroxyl groups is 1. The fourth-order valence-electron chi connectivity index (χ4n) is 3.80. The number of unbranched alkanes of at least 4 members (excludes halogenated alkanes) is 10. The summed E-state index contributed by atoms with van der Waals surface area (Å²) in [7, 11) is -4.57. The Balaban J connectivity index is 1.92. The molecular weight excluding hydrogens is 412 g/mol. The van der Waals surface area contributed by atoms with Crippen LogP contribution in [0.5, 0.6) is 17.2 Å². The molecule has 0 heterocycles. The monoisotopic (exact) mass is 448 g/mol. The van der Waals surface area contributed by atoms with Crippen molar-refractivity contribution < 1.29 is 22.8 Å². The van der Waals surface area contributed by atoms with E-state index in [9.17, 15) is 18.1 Å². The van der Waals surface area contributed by atoms with Crippen LogP contribution in [0.4, 0.5) is 0 Å². The molecule has 0 bridgehead atoms. The number of para-hydroxylation sites is 1. The summed E-state index contributed by atoms with van der Waals surface area (Å²) in [4.78, 5) is -0.451. The molecule has 6 heteroatoms. The lowest BCUT2D eigenvalue weighted by atomic mass is 10.0. The summed E-state index contributed by atoms with van der Waals surface area (Å²) >= 11 is 0. The van der Waals surface area contributed by atoms with Gasteiger partial charge in [0.2, 0.25) is 0 Å². The molecule has 2 aromatic carbocycles. The van der Waals surface area contributed by atoms with Gasteiger partial charge in [0.15, 0.2) is 0 Å². The molecule has 2 N–H and O–H groups in total. The summed E-state index contributed by atoms with van der Waals surface area (Å²) in [5.41, 5.74) is 0.322. The van der Waals surface area contributed by atoms with Crippen LogP contribution in [0.25, 0.3) is 0 Å². The molecule has 5 nitrogen and oxygen atoms in total. The van der Waals surface area contributed by atoms with Gasteiger partial charge >= 0.3 is 0 Å². The van der Waals surface area contributed by atoms with Crippen LogP contribution >= 0.6 is 0 Å². The van der Waals surface area contributed by atoms with E-state index >= 15 is 0 Å². The highest BCUT2D eigenvalue weighted by molar-refractivity contribution is 7.86. The summed E-state index contributed by atoms with van der Waals surface area (Å²) < 4.78 is 39.4. The van der Waals surface area contributed by atoms with Gasteiger partial charge in [0.05, 0.1) is 0 Å². The van der Waals surface area contributed by atoms with E-state index in [0.717, 1.165) is 19.3 Å². The van der Waals surface area contributed by atoms with Crippen molar-refractivity contribution in [3.8, 4) is 17.2 Å². The summed E-state index contributed by atoms with van der Waals surface area (Å²) in [5.74, 6) is 0.444. The van der Waals surface area contributed by atoms with Gasteiger partial charge in [-0.1, -0.05) is 89.3 Å². The number of phenolic OH excluding ortho intramolecular Hbond substituents is 1. The maximum Gasteiger partial charge on any atom is 0.298 e. The maximum atomic E-state index is 11.9. The van der Waals surface area contributed by atoms with Gasteiger partial charge in [0.1, 0.15) is 22.1 Å². The first-order valence-corrected chi connectivity index (χ1v) is 12.9. The highest BCUT2D eigenvalue weighted by atomic mass is 32.2. The SMILES string of the molecule is CCCCCCCCCCCCCc1c(Oc2ccccc2)ccc(O)c1S(=O)(=O)O. The number of ether oxygens (including phenoxy) is 1. The van der Waals surface area contributed by atoms with E-state index in [2.05, 4.69) is 6.92 Å². The highest BCUT2D eigenvalue weighted by Gasteiger charge is 2.24. The number of hydrogen-bond acceptors (Lipinski definition) is 4. The molecule has 2 aromatic rings. The minimum absolute atomic E-state index is 0.322. The van der Waals surface area contributed by atoms with Crippen molar-refractivity contribution in [1.82, 2.24) is 0 Å². The Morgan fingerprint density at radius 2 is 1.32 bits per heavy atom. The van der Waals surface area contributed by atoms with Gasteiger partial charge in [-0.2, -0.15) is 8.42 Å². The maximum absolute atomic E-state index is 11.9. The zero-order valence-electron chi connectivity index (χ0n) is 18.6. The lowest BCUT2D eigenvalue weighted by Crippen LogP contribution is -2.06. The molecule has 0 aliphatic rings. The standard InChI is InChI=1S/C25H36O5S/c1-2-3-4-5-6-7-8-9-10-11-15-18-22-24(30-21-16-13-12-14-17-21)20-19-23(26)25(22)31(27,28)29/h12-14,16-17,19-20,26H,2-11,15,18H2,1H3,(H,27,28,29). The van der Waals surface area contributed by atoms with Gasteiger partial charge in [-0.15, -0.1) is 0 Å². The zero-order valence-corrected chi connectivity index (χ0v) is 19.4. The fourth-order valence-corrected chi connectivity index (χ4v) is 4.65. The van der Waals surface area contributed by atoms with E-state index < -0.39 is 20.8 Å². The average Bonchev–Trinajstić information content (AvgIpc) is 2.73. The number of benzene rings is 2. The third-order valence-electron chi connectivity index (χ3n) is 5.46. The lowest BCUT2D eigenvalue weighted by molar-refractivity contribution is 0.428. The van der Waals surface area contributed by atoms with E-state index in [1.165, 1.54) is 57.4 Å². The molecule has 0 aliphatic heterocycles. The van der Waals surface area contributed by atoms with E-state index in [4.69, 9.17) is 4.74 Å². The van der Waals surface area contributed by atoms with E-state index in [-0.39, 0.29) is 0 Å². The van der Waals surface area contributed by atoms with Gasteiger partial charge in [0, 0.05) is 5.56 Å². The van der Waals surface area contributed by atoms with Crippen LogP contribution < -0.4 is 4.74 Å². The van der Waals surface area contributed by atoms with Crippen LogP contribution in [0.2, 0.25) is 0 Å². The molecule has 0 aromatic heterocycles. The first-order chi connectivity index (χ1) is 14.9. The van der Waals surface area contributed by atoms with Gasteiger partial charge in [-0.3, -0.25) is 4.55 Å². The summed E-state index contributed by atoms with van der Waals surface area (Å²) in [6.45, 7) is 2.23. The molecule has 31 heavy (non-hydrogen) atoms. The van der Waals surface area contributed by atoms with Crippen LogP contribution in [0.3, 0.4) is 0 Å². The predicted octanol–water partition coefficient (Wildman–Crippen LogP) is 7.28. The van der Waals surface area contributed by atoms with Crippen molar-refractivity contribution in [3.05, 3.63) is 48.0 Å². The molecule has 0 radical (unpaired) electrons. The van der Waals surface area contributed by atoms with Crippen molar-refractivity contribution in [2.24, 2.45) is 0 Å². The van der Waals surface area contributed by atoms with Crippen molar-refractivity contribution in [1.29, 1.82) is 0 Å². The Labute approximate surface area is 187 Å². The third-order valence-corrected chi connectivity index (χ3v) is 6.43. The van der Waals surface area contributed by atoms with Gasteiger partial charge in [0.25, 0.3) is 10.1 Å². The lowest BCUT2D eigenvalue weighted by Gasteiger charge is -2.15. The summed E-state index contributed by atoms with van der Waals surface area (Å²) in [6.07, 6.45) is 13.5. The molecule has 0 atom stereocenters. The number of hydrogen-bond donors (Lipinski definition) is 2. The Kier molecular flexibility index (Phi) is 10.9.